The summed E-state index contributed by atoms with van der Waals surface area (Å²) < 4.78 is 7.95. The molecule has 1 saturated heterocycles. The molecule has 0 radical (unpaired) electrons. The lowest BCUT2D eigenvalue weighted by Crippen LogP contribution is -2.38. The van der Waals surface area contributed by atoms with E-state index < -0.39 is 5.76 Å². The van der Waals surface area contributed by atoms with Gasteiger partial charge >= 0.3 is 5.76 Å². The third kappa shape index (κ3) is 3.63. The number of piperidine rings is 1. The van der Waals surface area contributed by atoms with E-state index in [-0.39, 0.29) is 12.3 Å². The number of hydrogen-bond donors (Lipinski definition) is 0. The highest BCUT2D eigenvalue weighted by Gasteiger charge is 2.26. The second kappa shape index (κ2) is 7.89. The van der Waals surface area contributed by atoms with Gasteiger partial charge in [-0.2, -0.15) is 0 Å². The van der Waals surface area contributed by atoms with Gasteiger partial charge in [0, 0.05) is 43.1 Å². The number of aromatic nitrogens is 2. The molecule has 8 heteroatoms. The summed E-state index contributed by atoms with van der Waals surface area (Å²) in [6, 6.07) is 13.3. The zero-order chi connectivity index (χ0) is 20.7. The van der Waals surface area contributed by atoms with E-state index in [1.54, 1.807) is 29.5 Å². The lowest BCUT2D eigenvalue weighted by molar-refractivity contribution is -0.132. The van der Waals surface area contributed by atoms with E-state index >= 15 is 0 Å². The van der Waals surface area contributed by atoms with E-state index in [2.05, 4.69) is 6.07 Å². The first-order valence-corrected chi connectivity index (χ1v) is 11.2. The number of likely N-dealkylation sites (tertiary alicyclic amines) is 1. The molecule has 1 aliphatic heterocycles. The van der Waals surface area contributed by atoms with Crippen molar-refractivity contribution < 1.29 is 9.21 Å². The van der Waals surface area contributed by atoms with Gasteiger partial charge in [0.15, 0.2) is 5.58 Å². The van der Waals surface area contributed by atoms with Crippen LogP contribution in [0.2, 0.25) is 5.02 Å². The molecule has 4 aromatic rings. The summed E-state index contributed by atoms with van der Waals surface area (Å²) in [4.78, 5) is 31.5. The summed E-state index contributed by atoms with van der Waals surface area (Å²) in [5, 5.41) is 1.67. The van der Waals surface area contributed by atoms with Gasteiger partial charge in [0.2, 0.25) is 5.91 Å². The predicted molar refractivity (Wildman–Crippen MR) is 118 cm³/mol. The number of nitrogens with zero attached hydrogens (tertiary/aromatic N) is 3. The molecular formula is C22H20ClN3O3S. The Hall–Kier alpha value is -2.64. The zero-order valence-corrected chi connectivity index (χ0v) is 17.8. The number of aryl methyl sites for hydroxylation is 1. The number of thiazole rings is 1. The number of halogens is 1. The molecule has 154 valence electrons. The molecule has 3 heterocycles. The van der Waals surface area contributed by atoms with Crippen LogP contribution < -0.4 is 5.76 Å². The van der Waals surface area contributed by atoms with Gasteiger partial charge in [-0.3, -0.25) is 9.36 Å². The molecule has 0 aliphatic carbocycles. The molecular weight excluding hydrogens is 422 g/mol. The number of hydrogen-bond acceptors (Lipinski definition) is 5. The molecule has 30 heavy (non-hydrogen) atoms. The number of oxazole rings is 1. The van der Waals surface area contributed by atoms with Gasteiger partial charge in [0.1, 0.15) is 0 Å². The van der Waals surface area contributed by atoms with Crippen molar-refractivity contribution in [2.45, 2.75) is 31.7 Å². The summed E-state index contributed by atoms with van der Waals surface area (Å²) in [6.07, 6.45) is 2.10. The van der Waals surface area contributed by atoms with Crippen molar-refractivity contribution in [3.05, 3.63) is 63.0 Å². The fourth-order valence-corrected chi connectivity index (χ4v) is 5.36. The van der Waals surface area contributed by atoms with Crippen molar-refractivity contribution in [3.63, 3.8) is 0 Å². The minimum Gasteiger partial charge on any atom is -0.408 e. The number of carbonyl (C=O) groups is 1. The quantitative estimate of drug-likeness (QED) is 0.462. The maximum Gasteiger partial charge on any atom is 0.419 e. The monoisotopic (exact) mass is 441 g/mol. The predicted octanol–water partition coefficient (Wildman–Crippen LogP) is 4.65. The van der Waals surface area contributed by atoms with E-state index in [0.29, 0.717) is 28.6 Å². The number of fused-ring (bicyclic) bond motifs is 2. The first-order chi connectivity index (χ1) is 14.6. The highest BCUT2D eigenvalue weighted by molar-refractivity contribution is 7.18. The van der Waals surface area contributed by atoms with Crippen molar-refractivity contribution in [2.75, 3.05) is 13.1 Å². The Bertz CT molecular complexity index is 1250. The summed E-state index contributed by atoms with van der Waals surface area (Å²) >= 11 is 7.71. The van der Waals surface area contributed by atoms with Crippen molar-refractivity contribution in [1.82, 2.24) is 14.5 Å². The molecule has 0 bridgehead atoms. The van der Waals surface area contributed by atoms with Gasteiger partial charge in [-0.05, 0) is 37.1 Å². The lowest BCUT2D eigenvalue weighted by atomic mass is 9.97. The van der Waals surface area contributed by atoms with Crippen LogP contribution in [0, 0.1) is 0 Å². The molecule has 0 atom stereocenters. The highest BCUT2D eigenvalue weighted by atomic mass is 35.5. The van der Waals surface area contributed by atoms with Gasteiger partial charge < -0.3 is 9.32 Å². The first kappa shape index (κ1) is 19.3. The van der Waals surface area contributed by atoms with Crippen LogP contribution >= 0.6 is 22.9 Å². The van der Waals surface area contributed by atoms with Gasteiger partial charge in [0.25, 0.3) is 0 Å². The van der Waals surface area contributed by atoms with Crippen molar-refractivity contribution in [3.8, 4) is 0 Å². The average molecular weight is 442 g/mol. The van der Waals surface area contributed by atoms with Crippen LogP contribution in [-0.2, 0) is 11.3 Å². The van der Waals surface area contributed by atoms with Crippen LogP contribution in [0.25, 0.3) is 21.3 Å². The molecule has 1 fully saturated rings. The van der Waals surface area contributed by atoms with E-state index in [9.17, 15) is 9.59 Å². The second-order valence-electron chi connectivity index (χ2n) is 7.56. The largest absolute Gasteiger partial charge is 0.419 e. The number of benzene rings is 2. The number of para-hydroxylation sites is 1. The maximum absolute atomic E-state index is 12.7. The summed E-state index contributed by atoms with van der Waals surface area (Å²) in [5.74, 6) is -0.000732. The molecule has 0 N–H and O–H groups in total. The Morgan fingerprint density at radius 3 is 2.80 bits per heavy atom. The Morgan fingerprint density at radius 2 is 2.00 bits per heavy atom. The summed E-state index contributed by atoms with van der Waals surface area (Å²) in [5.41, 5.74) is 2.15. The third-order valence-electron chi connectivity index (χ3n) is 5.69. The molecule has 5 rings (SSSR count). The molecule has 1 amide bonds. The third-order valence-corrected chi connectivity index (χ3v) is 7.12. The second-order valence-corrected chi connectivity index (χ2v) is 9.06. The average Bonchev–Trinajstić information content (AvgIpc) is 3.32. The van der Waals surface area contributed by atoms with E-state index in [1.807, 2.05) is 23.1 Å². The molecule has 0 unspecified atom stereocenters. The van der Waals surface area contributed by atoms with Crippen LogP contribution in [0.5, 0.6) is 0 Å². The van der Waals surface area contributed by atoms with E-state index in [1.165, 1.54) is 14.3 Å². The first-order valence-electron chi connectivity index (χ1n) is 10.0. The lowest BCUT2D eigenvalue weighted by Gasteiger charge is -2.31. The Kier molecular flexibility index (Phi) is 5.08. The van der Waals surface area contributed by atoms with Gasteiger partial charge in [0.05, 0.1) is 20.7 Å². The van der Waals surface area contributed by atoms with Crippen molar-refractivity contribution in [1.29, 1.82) is 0 Å². The Labute approximate surface area is 181 Å². The molecule has 2 aromatic heterocycles. The Balaban J connectivity index is 1.21. The molecule has 1 aliphatic rings. The van der Waals surface area contributed by atoms with Crippen molar-refractivity contribution in [2.24, 2.45) is 0 Å². The van der Waals surface area contributed by atoms with E-state index in [0.717, 1.165) is 31.4 Å². The molecule has 0 spiro atoms. The minimum atomic E-state index is -0.463. The fraction of sp³-hybridized carbons (Fsp3) is 0.318. The van der Waals surface area contributed by atoms with Crippen LogP contribution in [0.1, 0.15) is 30.2 Å². The minimum absolute atomic E-state index is 0.0629. The normalized spacial score (nSPS) is 15.3. The van der Waals surface area contributed by atoms with Crippen LogP contribution in [-0.4, -0.2) is 33.4 Å². The van der Waals surface area contributed by atoms with Crippen LogP contribution in [0.15, 0.2) is 51.7 Å². The topological polar surface area (TPSA) is 68.3 Å². The van der Waals surface area contributed by atoms with Crippen LogP contribution in [0.3, 0.4) is 0 Å². The van der Waals surface area contributed by atoms with Crippen molar-refractivity contribution >= 4 is 50.2 Å². The number of carbonyl (C=O) groups excluding carboxylic acids is 1. The molecule has 6 nitrogen and oxygen atoms in total. The van der Waals surface area contributed by atoms with E-state index in [4.69, 9.17) is 21.0 Å². The summed E-state index contributed by atoms with van der Waals surface area (Å²) in [6.45, 7) is 1.73. The standard InChI is InChI=1S/C22H20ClN3O3S/c23-15-5-6-17-18(13-15)29-22(28)26(17)12-9-20(27)25-10-7-14(8-11-25)21-24-16-3-1-2-4-19(16)30-21/h1-6,13-14H,7-12H2. The maximum atomic E-state index is 12.7. The molecule has 2 aromatic carbocycles. The fourth-order valence-electron chi connectivity index (χ4n) is 4.06. The highest BCUT2D eigenvalue weighted by Crippen LogP contribution is 2.34. The van der Waals surface area contributed by atoms with Gasteiger partial charge in [-0.1, -0.05) is 23.7 Å². The SMILES string of the molecule is O=C(CCn1c(=O)oc2cc(Cl)ccc21)N1CCC(c2nc3ccccc3s2)CC1. The number of rotatable bonds is 4. The van der Waals surface area contributed by atoms with Gasteiger partial charge in [-0.25, -0.2) is 9.78 Å². The van der Waals surface area contributed by atoms with Gasteiger partial charge in [-0.15, -0.1) is 11.3 Å². The smallest absolute Gasteiger partial charge is 0.408 e. The Morgan fingerprint density at radius 1 is 1.20 bits per heavy atom. The summed E-state index contributed by atoms with van der Waals surface area (Å²) in [7, 11) is 0. The van der Waals surface area contributed by atoms with Crippen LogP contribution in [0.4, 0.5) is 0 Å². The number of amides is 1. The zero-order valence-electron chi connectivity index (χ0n) is 16.2. The molecule has 0 saturated carbocycles.